The molecule has 0 aromatic carbocycles. The minimum Gasteiger partial charge on any atom is -0.388 e. The largest absolute Gasteiger partial charge is 0.388 e. The van der Waals surface area contributed by atoms with Gasteiger partial charge in [0, 0.05) is 19.0 Å². The molecule has 0 aliphatic heterocycles. The summed E-state index contributed by atoms with van der Waals surface area (Å²) >= 11 is 1.53. The fourth-order valence-corrected chi connectivity index (χ4v) is 2.56. The maximum Gasteiger partial charge on any atom is 0.230 e. The predicted molar refractivity (Wildman–Crippen MR) is 69.2 cm³/mol. The molecule has 1 aromatic heterocycles. The second-order valence-corrected chi connectivity index (χ2v) is 5.42. The molecule has 7 heteroatoms. The van der Waals surface area contributed by atoms with Crippen molar-refractivity contribution >= 4 is 17.7 Å². The lowest BCUT2D eigenvalue weighted by Crippen LogP contribution is -2.44. The number of nitrogens with zero attached hydrogens (tertiary/aromatic N) is 3. The first-order valence-electron chi connectivity index (χ1n) is 5.93. The van der Waals surface area contributed by atoms with Gasteiger partial charge in [-0.25, -0.2) is 0 Å². The van der Waals surface area contributed by atoms with Gasteiger partial charge in [-0.05, 0) is 19.1 Å². The number of carbonyl (C=O) groups excluding carboxylic acids is 1. The Bertz CT molecular complexity index is 429. The average molecular weight is 270 g/mol. The van der Waals surface area contributed by atoms with Crippen molar-refractivity contribution in [2.24, 2.45) is 7.05 Å². The van der Waals surface area contributed by atoms with Crippen molar-refractivity contribution < 1.29 is 9.90 Å². The van der Waals surface area contributed by atoms with Crippen LogP contribution in [0.5, 0.6) is 0 Å². The zero-order valence-corrected chi connectivity index (χ0v) is 11.4. The third-order valence-electron chi connectivity index (χ3n) is 3.28. The molecule has 1 aromatic rings. The van der Waals surface area contributed by atoms with Crippen LogP contribution in [0.1, 0.15) is 30.4 Å². The molecule has 0 radical (unpaired) electrons. The van der Waals surface area contributed by atoms with Gasteiger partial charge in [0.1, 0.15) is 12.4 Å². The van der Waals surface area contributed by atoms with Crippen molar-refractivity contribution in [3.05, 3.63) is 11.6 Å². The lowest BCUT2D eigenvalue weighted by molar-refractivity contribution is -0.119. The molecule has 0 bridgehead atoms. The Morgan fingerprint density at radius 1 is 1.56 bits per heavy atom. The number of hydrogen-bond donors (Lipinski definition) is 2. The number of aliphatic hydroxyl groups excluding tert-OH is 1. The molecule has 1 fully saturated rings. The summed E-state index contributed by atoms with van der Waals surface area (Å²) in [6.45, 7) is -0.0931. The van der Waals surface area contributed by atoms with Crippen molar-refractivity contribution in [1.29, 1.82) is 0 Å². The summed E-state index contributed by atoms with van der Waals surface area (Å²) in [6, 6.07) is 0.254. The third kappa shape index (κ3) is 2.67. The van der Waals surface area contributed by atoms with Crippen molar-refractivity contribution in [1.82, 2.24) is 20.1 Å². The highest BCUT2D eigenvalue weighted by Gasteiger charge is 2.34. The molecule has 6 nitrogen and oxygen atoms in total. The predicted octanol–water partition coefficient (Wildman–Crippen LogP) is 0.0326. The van der Waals surface area contributed by atoms with E-state index in [-0.39, 0.29) is 18.6 Å². The summed E-state index contributed by atoms with van der Waals surface area (Å²) in [5.74, 6) is 2.43. The summed E-state index contributed by atoms with van der Waals surface area (Å²) < 4.78 is 1.84. The maximum absolute atomic E-state index is 11.4. The highest BCUT2D eigenvalue weighted by molar-refractivity contribution is 7.99. The number of hydrogen-bond acceptors (Lipinski definition) is 5. The molecule has 18 heavy (non-hydrogen) atoms. The Hall–Kier alpha value is -1.08. The Labute approximate surface area is 110 Å². The van der Waals surface area contributed by atoms with E-state index in [1.165, 1.54) is 11.8 Å². The van der Waals surface area contributed by atoms with E-state index in [0.717, 1.165) is 18.7 Å². The van der Waals surface area contributed by atoms with Gasteiger partial charge in [0.2, 0.25) is 5.91 Å². The highest BCUT2D eigenvalue weighted by atomic mass is 32.2. The molecular weight excluding hydrogens is 252 g/mol. The molecule has 0 atom stereocenters. The quantitative estimate of drug-likeness (QED) is 0.789. The number of nitrogens with one attached hydrogen (secondary N) is 1. The smallest absolute Gasteiger partial charge is 0.230 e. The summed E-state index contributed by atoms with van der Waals surface area (Å²) in [5, 5.41) is 20.1. The SMILES string of the molecule is CSCC(=O)NC1CC(c2nnc(CO)n2C)C1. The topological polar surface area (TPSA) is 80.0 Å². The third-order valence-corrected chi connectivity index (χ3v) is 3.83. The van der Waals surface area contributed by atoms with Crippen LogP contribution in [0.15, 0.2) is 0 Å². The van der Waals surface area contributed by atoms with Crippen LogP contribution in [0.4, 0.5) is 0 Å². The average Bonchev–Trinajstić information content (AvgIpc) is 2.65. The van der Waals surface area contributed by atoms with Gasteiger partial charge in [0.25, 0.3) is 0 Å². The molecule has 2 rings (SSSR count). The van der Waals surface area contributed by atoms with Crippen LogP contribution in [0, 0.1) is 0 Å². The molecule has 1 heterocycles. The van der Waals surface area contributed by atoms with Crippen molar-refractivity contribution in [3.63, 3.8) is 0 Å². The summed E-state index contributed by atoms with van der Waals surface area (Å²) in [6.07, 6.45) is 3.72. The van der Waals surface area contributed by atoms with Crippen LogP contribution >= 0.6 is 11.8 Å². The number of amides is 1. The van der Waals surface area contributed by atoms with E-state index in [1.807, 2.05) is 17.9 Å². The Morgan fingerprint density at radius 2 is 2.28 bits per heavy atom. The van der Waals surface area contributed by atoms with Crippen LogP contribution in [-0.2, 0) is 18.4 Å². The summed E-state index contributed by atoms with van der Waals surface area (Å²) in [5.41, 5.74) is 0. The summed E-state index contributed by atoms with van der Waals surface area (Å²) in [7, 11) is 1.86. The monoisotopic (exact) mass is 270 g/mol. The van der Waals surface area contributed by atoms with Crippen molar-refractivity contribution in [2.75, 3.05) is 12.0 Å². The number of rotatable bonds is 5. The minimum atomic E-state index is -0.0931. The van der Waals surface area contributed by atoms with Gasteiger partial charge >= 0.3 is 0 Å². The first-order valence-corrected chi connectivity index (χ1v) is 7.32. The lowest BCUT2D eigenvalue weighted by atomic mass is 9.79. The number of aromatic nitrogens is 3. The van der Waals surface area contributed by atoms with E-state index in [2.05, 4.69) is 15.5 Å². The Morgan fingerprint density at radius 3 is 2.83 bits per heavy atom. The van der Waals surface area contributed by atoms with E-state index in [0.29, 0.717) is 17.5 Å². The van der Waals surface area contributed by atoms with Gasteiger partial charge in [0.15, 0.2) is 5.82 Å². The van der Waals surface area contributed by atoms with Gasteiger partial charge < -0.3 is 15.0 Å². The van der Waals surface area contributed by atoms with E-state index >= 15 is 0 Å². The normalized spacial score (nSPS) is 22.6. The summed E-state index contributed by atoms with van der Waals surface area (Å²) in [4.78, 5) is 11.4. The van der Waals surface area contributed by atoms with Crippen molar-refractivity contribution in [3.8, 4) is 0 Å². The van der Waals surface area contributed by atoms with Crippen LogP contribution < -0.4 is 5.32 Å². The van der Waals surface area contributed by atoms with Crippen LogP contribution in [-0.4, -0.2) is 43.8 Å². The van der Waals surface area contributed by atoms with E-state index < -0.39 is 0 Å². The van der Waals surface area contributed by atoms with E-state index in [4.69, 9.17) is 5.11 Å². The fraction of sp³-hybridized carbons (Fsp3) is 0.727. The zero-order chi connectivity index (χ0) is 13.1. The molecule has 1 aliphatic carbocycles. The van der Waals surface area contributed by atoms with Gasteiger partial charge in [-0.3, -0.25) is 4.79 Å². The zero-order valence-electron chi connectivity index (χ0n) is 10.6. The Balaban J connectivity index is 1.85. The molecule has 2 N–H and O–H groups in total. The highest BCUT2D eigenvalue weighted by Crippen LogP contribution is 2.35. The number of thioether (sulfide) groups is 1. The van der Waals surface area contributed by atoms with E-state index in [9.17, 15) is 4.79 Å². The molecule has 0 spiro atoms. The van der Waals surface area contributed by atoms with Crippen LogP contribution in [0.25, 0.3) is 0 Å². The van der Waals surface area contributed by atoms with Gasteiger partial charge in [-0.2, -0.15) is 11.8 Å². The first-order chi connectivity index (χ1) is 8.65. The molecular formula is C11H18N4O2S. The van der Waals surface area contributed by atoms with Crippen LogP contribution in [0.3, 0.4) is 0 Å². The molecule has 0 saturated heterocycles. The molecule has 1 aliphatic rings. The Kier molecular flexibility index (Phi) is 4.23. The molecule has 100 valence electrons. The van der Waals surface area contributed by atoms with Crippen LogP contribution in [0.2, 0.25) is 0 Å². The van der Waals surface area contributed by atoms with E-state index in [1.54, 1.807) is 0 Å². The number of aliphatic hydroxyl groups is 1. The fourth-order valence-electron chi connectivity index (χ4n) is 2.22. The van der Waals surface area contributed by atoms with Crippen molar-refractivity contribution in [2.45, 2.75) is 31.4 Å². The molecule has 1 amide bonds. The standard InChI is InChI=1S/C11H18N4O2S/c1-15-9(5-16)13-14-11(15)7-3-8(4-7)12-10(17)6-18-2/h7-8,16H,3-6H2,1-2H3,(H,12,17). The minimum absolute atomic E-state index is 0.0931. The second kappa shape index (κ2) is 5.71. The molecule has 1 saturated carbocycles. The van der Waals surface area contributed by atoms with Gasteiger partial charge in [-0.1, -0.05) is 0 Å². The van der Waals surface area contributed by atoms with Gasteiger partial charge in [-0.15, -0.1) is 10.2 Å². The van der Waals surface area contributed by atoms with Gasteiger partial charge in [0.05, 0.1) is 5.75 Å². The second-order valence-electron chi connectivity index (χ2n) is 4.56. The number of carbonyl (C=O) groups is 1. The lowest BCUT2D eigenvalue weighted by Gasteiger charge is -2.35. The molecule has 0 unspecified atom stereocenters. The first kappa shape index (κ1) is 13.4. The maximum atomic E-state index is 11.4.